The van der Waals surface area contributed by atoms with Crippen molar-refractivity contribution in [3.05, 3.63) is 59.7 Å². The number of hydrogen-bond donors (Lipinski definition) is 1. The minimum absolute atomic E-state index is 0. The third kappa shape index (κ3) is 3.83. The van der Waals surface area contributed by atoms with E-state index in [2.05, 4.69) is 35.2 Å². The van der Waals surface area contributed by atoms with Gasteiger partial charge in [-0.05, 0) is 11.6 Å². The van der Waals surface area contributed by atoms with Crippen molar-refractivity contribution in [1.29, 1.82) is 0 Å². The summed E-state index contributed by atoms with van der Waals surface area (Å²) in [5.74, 6) is 1.97. The molecule has 2 aromatic rings. The summed E-state index contributed by atoms with van der Waals surface area (Å²) in [7, 11) is 3.35. The first-order valence-electron chi connectivity index (χ1n) is 7.95. The highest BCUT2D eigenvalue weighted by Gasteiger charge is 2.31. The van der Waals surface area contributed by atoms with E-state index in [1.165, 1.54) is 5.56 Å². The number of likely N-dealkylation sites (tertiary alicyclic amines) is 1. The van der Waals surface area contributed by atoms with Gasteiger partial charge in [0.05, 0.1) is 14.2 Å². The predicted molar refractivity (Wildman–Crippen MR) is 99.2 cm³/mol. The van der Waals surface area contributed by atoms with Gasteiger partial charge in [-0.2, -0.15) is 0 Å². The molecule has 5 heteroatoms. The second kappa shape index (κ2) is 8.38. The fourth-order valence-electron chi connectivity index (χ4n) is 3.41. The lowest BCUT2D eigenvalue weighted by Crippen LogP contribution is -2.28. The van der Waals surface area contributed by atoms with Crippen molar-refractivity contribution < 1.29 is 9.47 Å². The van der Waals surface area contributed by atoms with E-state index in [9.17, 15) is 0 Å². The Hall–Kier alpha value is -1.75. The second-order valence-corrected chi connectivity index (χ2v) is 6.03. The van der Waals surface area contributed by atoms with Crippen molar-refractivity contribution in [2.75, 3.05) is 27.3 Å². The van der Waals surface area contributed by atoms with E-state index in [4.69, 9.17) is 15.2 Å². The molecule has 0 spiro atoms. The first-order valence-corrected chi connectivity index (χ1v) is 7.95. The lowest BCUT2D eigenvalue weighted by Gasteiger charge is -2.19. The number of nitrogens with zero attached hydrogens (tertiary/aromatic N) is 1. The molecule has 0 aromatic heterocycles. The Morgan fingerprint density at radius 1 is 1.00 bits per heavy atom. The second-order valence-electron chi connectivity index (χ2n) is 6.03. The van der Waals surface area contributed by atoms with Gasteiger partial charge in [0.2, 0.25) is 0 Å². The first-order chi connectivity index (χ1) is 11.2. The summed E-state index contributed by atoms with van der Waals surface area (Å²) in [5.41, 5.74) is 8.84. The number of halogens is 1. The highest BCUT2D eigenvalue weighted by Crippen LogP contribution is 2.33. The van der Waals surface area contributed by atoms with Crippen molar-refractivity contribution >= 4 is 12.4 Å². The van der Waals surface area contributed by atoms with E-state index in [0.29, 0.717) is 5.92 Å². The summed E-state index contributed by atoms with van der Waals surface area (Å²) < 4.78 is 10.9. The monoisotopic (exact) mass is 348 g/mol. The van der Waals surface area contributed by atoms with Gasteiger partial charge in [-0.3, -0.25) is 4.90 Å². The molecule has 2 atom stereocenters. The number of hydrogen-bond acceptors (Lipinski definition) is 4. The molecule has 0 saturated carbocycles. The average molecular weight is 349 g/mol. The number of nitrogens with two attached hydrogens (primary N) is 1. The zero-order valence-corrected chi connectivity index (χ0v) is 15.0. The van der Waals surface area contributed by atoms with Gasteiger partial charge >= 0.3 is 0 Å². The van der Waals surface area contributed by atoms with Crippen LogP contribution in [-0.4, -0.2) is 38.3 Å². The number of benzene rings is 2. The minimum Gasteiger partial charge on any atom is -0.493 e. The molecule has 1 fully saturated rings. The maximum Gasteiger partial charge on any atom is 0.165 e. The first kappa shape index (κ1) is 18.6. The maximum atomic E-state index is 6.38. The highest BCUT2D eigenvalue weighted by atomic mass is 35.5. The molecular formula is C19H25ClN2O2. The van der Waals surface area contributed by atoms with Crippen LogP contribution in [0.1, 0.15) is 17.0 Å². The lowest BCUT2D eigenvalue weighted by molar-refractivity contribution is 0.307. The van der Waals surface area contributed by atoms with E-state index in [0.717, 1.165) is 36.7 Å². The fourth-order valence-corrected chi connectivity index (χ4v) is 3.41. The molecule has 130 valence electrons. The molecule has 24 heavy (non-hydrogen) atoms. The molecule has 0 amide bonds. The molecule has 4 nitrogen and oxygen atoms in total. The van der Waals surface area contributed by atoms with Crippen LogP contribution in [0.3, 0.4) is 0 Å². The normalized spacial score (nSPS) is 20.5. The summed E-state index contributed by atoms with van der Waals surface area (Å²) in [4.78, 5) is 2.39. The third-order valence-corrected chi connectivity index (χ3v) is 4.55. The van der Waals surface area contributed by atoms with Gasteiger partial charge in [0.15, 0.2) is 11.5 Å². The van der Waals surface area contributed by atoms with Crippen LogP contribution in [0.25, 0.3) is 0 Å². The van der Waals surface area contributed by atoms with Gasteiger partial charge in [0.25, 0.3) is 0 Å². The van der Waals surface area contributed by atoms with Crippen molar-refractivity contribution in [3.63, 3.8) is 0 Å². The van der Waals surface area contributed by atoms with Crippen molar-refractivity contribution in [3.8, 4) is 11.5 Å². The molecule has 1 saturated heterocycles. The van der Waals surface area contributed by atoms with Crippen LogP contribution >= 0.6 is 12.4 Å². The topological polar surface area (TPSA) is 47.7 Å². The van der Waals surface area contributed by atoms with Gasteiger partial charge in [-0.15, -0.1) is 12.4 Å². The van der Waals surface area contributed by atoms with Gasteiger partial charge in [-0.1, -0.05) is 42.5 Å². The van der Waals surface area contributed by atoms with E-state index in [1.54, 1.807) is 14.2 Å². The molecule has 1 heterocycles. The summed E-state index contributed by atoms with van der Waals surface area (Å²) in [6.45, 7) is 2.67. The minimum atomic E-state index is 0. The Bertz CT molecular complexity index is 651. The highest BCUT2D eigenvalue weighted by molar-refractivity contribution is 5.85. The zero-order chi connectivity index (χ0) is 16.2. The van der Waals surface area contributed by atoms with Crippen molar-refractivity contribution in [2.24, 2.45) is 5.73 Å². The van der Waals surface area contributed by atoms with Crippen molar-refractivity contribution in [1.82, 2.24) is 4.90 Å². The fraction of sp³-hybridized carbons (Fsp3) is 0.368. The molecule has 0 aliphatic carbocycles. The quantitative estimate of drug-likeness (QED) is 0.902. The molecule has 3 rings (SSSR count). The molecule has 0 bridgehead atoms. The summed E-state index contributed by atoms with van der Waals surface area (Å²) in [6, 6.07) is 16.7. The summed E-state index contributed by atoms with van der Waals surface area (Å²) in [6.07, 6.45) is 0. The molecule has 0 unspecified atom stereocenters. The average Bonchev–Trinajstić information content (AvgIpc) is 2.95. The van der Waals surface area contributed by atoms with Crippen LogP contribution in [0.2, 0.25) is 0 Å². The van der Waals surface area contributed by atoms with Crippen LogP contribution in [0, 0.1) is 0 Å². The van der Waals surface area contributed by atoms with E-state index in [1.807, 2.05) is 18.2 Å². The Morgan fingerprint density at radius 3 is 2.42 bits per heavy atom. The lowest BCUT2D eigenvalue weighted by atomic mass is 9.95. The van der Waals surface area contributed by atoms with E-state index in [-0.39, 0.29) is 18.4 Å². The summed E-state index contributed by atoms with van der Waals surface area (Å²) in [5, 5.41) is 0. The summed E-state index contributed by atoms with van der Waals surface area (Å²) >= 11 is 0. The molecule has 2 N–H and O–H groups in total. The van der Waals surface area contributed by atoms with Gasteiger partial charge in [-0.25, -0.2) is 0 Å². The third-order valence-electron chi connectivity index (χ3n) is 4.55. The Morgan fingerprint density at radius 2 is 1.75 bits per heavy atom. The van der Waals surface area contributed by atoms with Crippen LogP contribution in [-0.2, 0) is 6.54 Å². The van der Waals surface area contributed by atoms with Crippen LogP contribution in [0.5, 0.6) is 11.5 Å². The van der Waals surface area contributed by atoms with Crippen molar-refractivity contribution in [2.45, 2.75) is 18.5 Å². The number of para-hydroxylation sites is 1. The Kier molecular flexibility index (Phi) is 6.49. The van der Waals surface area contributed by atoms with Gasteiger partial charge in [0.1, 0.15) is 0 Å². The SMILES string of the molecule is COc1cccc(CN2C[C@@H](N)[C@H](c3ccccc3)C2)c1OC.Cl. The standard InChI is InChI=1S/C19H24N2O2.ClH/c1-22-18-10-6-9-15(19(18)23-2)11-21-12-16(17(20)13-21)14-7-4-3-5-8-14;/h3-10,16-17H,11-13,20H2,1-2H3;1H/t16-,17+;/m0./s1. The zero-order valence-electron chi connectivity index (χ0n) is 14.1. The number of methoxy groups -OCH3 is 2. The van der Waals surface area contributed by atoms with Crippen LogP contribution < -0.4 is 15.2 Å². The molecular weight excluding hydrogens is 324 g/mol. The molecule has 0 radical (unpaired) electrons. The van der Waals surface area contributed by atoms with Gasteiger partial charge in [0, 0.05) is 37.2 Å². The number of rotatable bonds is 5. The molecule has 1 aliphatic heterocycles. The molecule has 2 aromatic carbocycles. The van der Waals surface area contributed by atoms with Gasteiger partial charge < -0.3 is 15.2 Å². The number of ether oxygens (including phenoxy) is 2. The largest absolute Gasteiger partial charge is 0.493 e. The predicted octanol–water partition coefficient (Wildman–Crippen LogP) is 3.05. The molecule has 1 aliphatic rings. The Labute approximate surface area is 150 Å². The van der Waals surface area contributed by atoms with Crippen LogP contribution in [0.4, 0.5) is 0 Å². The smallest absolute Gasteiger partial charge is 0.165 e. The maximum absolute atomic E-state index is 6.38. The van der Waals surface area contributed by atoms with Crippen LogP contribution in [0.15, 0.2) is 48.5 Å². The van der Waals surface area contributed by atoms with E-state index >= 15 is 0 Å². The Balaban J connectivity index is 0.00000208. The van der Waals surface area contributed by atoms with E-state index < -0.39 is 0 Å².